The molecule has 2 aliphatic heterocycles. The Morgan fingerprint density at radius 3 is 3.06 bits per heavy atom. The van der Waals surface area contributed by atoms with Gasteiger partial charge >= 0.3 is 0 Å². The summed E-state index contributed by atoms with van der Waals surface area (Å²) in [7, 11) is 0. The fourth-order valence-corrected chi connectivity index (χ4v) is 3.31. The van der Waals surface area contributed by atoms with Crippen LogP contribution in [0, 0.1) is 0 Å². The number of benzene rings is 1. The van der Waals surface area contributed by atoms with Gasteiger partial charge in [-0.25, -0.2) is 0 Å². The van der Waals surface area contributed by atoms with E-state index in [4.69, 9.17) is 16.3 Å². The lowest BCUT2D eigenvalue weighted by Gasteiger charge is -2.37. The van der Waals surface area contributed by atoms with Crippen molar-refractivity contribution in [2.75, 3.05) is 13.1 Å². The smallest absolute Gasteiger partial charge is 0.0863 e. The molecular formula is C12H14BrCl2NO. The lowest BCUT2D eigenvalue weighted by atomic mass is 9.81. The van der Waals surface area contributed by atoms with Crippen molar-refractivity contribution in [3.63, 3.8) is 0 Å². The van der Waals surface area contributed by atoms with Gasteiger partial charge in [-0.3, -0.25) is 0 Å². The Labute approximate surface area is 121 Å². The maximum absolute atomic E-state index is 6.30. The van der Waals surface area contributed by atoms with E-state index in [1.807, 2.05) is 6.07 Å². The molecule has 0 unspecified atom stereocenters. The van der Waals surface area contributed by atoms with Crippen LogP contribution in [0.3, 0.4) is 0 Å². The van der Waals surface area contributed by atoms with E-state index in [0.29, 0.717) is 12.5 Å². The monoisotopic (exact) mass is 337 g/mol. The van der Waals surface area contributed by atoms with Gasteiger partial charge in [0.2, 0.25) is 0 Å². The first-order valence-corrected chi connectivity index (χ1v) is 6.60. The van der Waals surface area contributed by atoms with Crippen LogP contribution in [0.25, 0.3) is 0 Å². The molecule has 1 saturated heterocycles. The Morgan fingerprint density at radius 2 is 2.29 bits per heavy atom. The third kappa shape index (κ3) is 2.02. The second kappa shape index (κ2) is 4.71. The molecule has 0 amide bonds. The Bertz CT molecular complexity index is 454. The summed E-state index contributed by atoms with van der Waals surface area (Å²) < 4.78 is 6.93. The Balaban J connectivity index is 0.00000108. The zero-order valence-corrected chi connectivity index (χ0v) is 12.6. The van der Waals surface area contributed by atoms with Crippen molar-refractivity contribution in [1.29, 1.82) is 0 Å². The predicted molar refractivity (Wildman–Crippen MR) is 75.2 cm³/mol. The minimum atomic E-state index is -0.0653. The number of ether oxygens (including phenoxy) is 1. The predicted octanol–water partition coefficient (Wildman–Crippen LogP) is 3.50. The van der Waals surface area contributed by atoms with Gasteiger partial charge < -0.3 is 10.1 Å². The van der Waals surface area contributed by atoms with Crippen LogP contribution in [-0.4, -0.2) is 18.7 Å². The summed E-state index contributed by atoms with van der Waals surface area (Å²) in [4.78, 5) is 0. The summed E-state index contributed by atoms with van der Waals surface area (Å²) in [5, 5.41) is 4.20. The van der Waals surface area contributed by atoms with Crippen molar-refractivity contribution in [3.05, 3.63) is 32.8 Å². The molecule has 1 aromatic carbocycles. The highest BCUT2D eigenvalue weighted by Gasteiger charge is 2.44. The van der Waals surface area contributed by atoms with Crippen molar-refractivity contribution in [2.24, 2.45) is 0 Å². The minimum Gasteiger partial charge on any atom is -0.369 e. The fourth-order valence-electron chi connectivity index (χ4n) is 2.71. The van der Waals surface area contributed by atoms with Gasteiger partial charge in [-0.2, -0.15) is 0 Å². The maximum Gasteiger partial charge on any atom is 0.0863 e. The van der Waals surface area contributed by atoms with E-state index in [1.165, 1.54) is 5.56 Å². The molecule has 0 saturated carbocycles. The second-order valence-corrected chi connectivity index (χ2v) is 5.95. The highest BCUT2D eigenvalue weighted by molar-refractivity contribution is 9.10. The molecule has 0 radical (unpaired) electrons. The van der Waals surface area contributed by atoms with Crippen LogP contribution in [-0.2, 0) is 11.3 Å². The normalized spacial score (nSPS) is 30.4. The summed E-state index contributed by atoms with van der Waals surface area (Å²) in [5.74, 6) is 0.418. The number of hydrogen-bond donors (Lipinski definition) is 1. The molecule has 2 heterocycles. The zero-order valence-electron chi connectivity index (χ0n) is 9.43. The molecule has 1 aromatic rings. The lowest BCUT2D eigenvalue weighted by Crippen LogP contribution is -2.39. The quantitative estimate of drug-likeness (QED) is 0.781. The van der Waals surface area contributed by atoms with Gasteiger partial charge in [0.25, 0.3) is 0 Å². The first-order valence-electron chi connectivity index (χ1n) is 5.43. The van der Waals surface area contributed by atoms with Gasteiger partial charge in [0.15, 0.2) is 0 Å². The Morgan fingerprint density at radius 1 is 1.53 bits per heavy atom. The molecule has 0 bridgehead atoms. The van der Waals surface area contributed by atoms with Crippen LogP contribution >= 0.6 is 39.9 Å². The van der Waals surface area contributed by atoms with Crippen LogP contribution in [0.5, 0.6) is 0 Å². The number of rotatable bonds is 0. The van der Waals surface area contributed by atoms with Gasteiger partial charge in [-0.1, -0.05) is 17.7 Å². The average Bonchev–Trinajstić information content (AvgIpc) is 2.65. The Hall–Kier alpha value is 0.200. The van der Waals surface area contributed by atoms with E-state index in [0.717, 1.165) is 28.1 Å². The lowest BCUT2D eigenvalue weighted by molar-refractivity contribution is -0.0517. The van der Waals surface area contributed by atoms with Crippen molar-refractivity contribution >= 4 is 39.9 Å². The SMILES string of the molecule is C[C@@]12CNC[C@@H]1c1ccc(Br)c(Cl)c1CO2.Cl. The maximum atomic E-state index is 6.30. The van der Waals surface area contributed by atoms with Crippen LogP contribution < -0.4 is 5.32 Å². The molecule has 2 atom stereocenters. The van der Waals surface area contributed by atoms with Crippen LogP contribution in [0.1, 0.15) is 24.0 Å². The number of hydrogen-bond acceptors (Lipinski definition) is 2. The largest absolute Gasteiger partial charge is 0.369 e. The topological polar surface area (TPSA) is 21.3 Å². The second-order valence-electron chi connectivity index (χ2n) is 4.71. The molecule has 2 aliphatic rings. The molecule has 1 fully saturated rings. The molecule has 0 aliphatic carbocycles. The van der Waals surface area contributed by atoms with E-state index in [1.54, 1.807) is 0 Å². The van der Waals surface area contributed by atoms with E-state index in [9.17, 15) is 0 Å². The van der Waals surface area contributed by atoms with Gasteiger partial charge in [-0.05, 0) is 34.5 Å². The highest BCUT2D eigenvalue weighted by atomic mass is 79.9. The van der Waals surface area contributed by atoms with E-state index in [-0.39, 0.29) is 18.0 Å². The van der Waals surface area contributed by atoms with Gasteiger partial charge in [0, 0.05) is 29.0 Å². The van der Waals surface area contributed by atoms with Gasteiger partial charge in [0.05, 0.1) is 17.2 Å². The minimum absolute atomic E-state index is 0. The molecule has 0 spiro atoms. The van der Waals surface area contributed by atoms with Crippen molar-refractivity contribution in [3.8, 4) is 0 Å². The van der Waals surface area contributed by atoms with Gasteiger partial charge in [0.1, 0.15) is 0 Å². The summed E-state index contributed by atoms with van der Waals surface area (Å²) in [5.41, 5.74) is 2.42. The summed E-state index contributed by atoms with van der Waals surface area (Å²) in [6.45, 7) is 4.69. The van der Waals surface area contributed by atoms with Crippen molar-refractivity contribution < 1.29 is 4.74 Å². The zero-order chi connectivity index (χ0) is 11.3. The third-order valence-electron chi connectivity index (χ3n) is 3.72. The first kappa shape index (κ1) is 13.6. The van der Waals surface area contributed by atoms with E-state index < -0.39 is 0 Å². The highest BCUT2D eigenvalue weighted by Crippen LogP contribution is 2.44. The average molecular weight is 339 g/mol. The summed E-state index contributed by atoms with van der Waals surface area (Å²) in [6.07, 6.45) is 0. The van der Waals surface area contributed by atoms with Gasteiger partial charge in [-0.15, -0.1) is 12.4 Å². The molecule has 0 aromatic heterocycles. The molecule has 1 N–H and O–H groups in total. The molecule has 2 nitrogen and oxygen atoms in total. The van der Waals surface area contributed by atoms with Crippen LogP contribution in [0.4, 0.5) is 0 Å². The standard InChI is InChI=1S/C12H13BrClNO.ClH/c1-12-6-15-4-9(12)7-2-3-10(13)11(14)8(7)5-16-12;/h2-3,9,15H,4-6H2,1H3;1H/t9-,12-;/m1./s1. The molecule has 3 rings (SSSR count). The van der Waals surface area contributed by atoms with Crippen molar-refractivity contribution in [2.45, 2.75) is 25.0 Å². The molecular weight excluding hydrogens is 325 g/mol. The number of halogens is 3. The summed E-state index contributed by atoms with van der Waals surface area (Å²) in [6, 6.07) is 4.20. The molecule has 17 heavy (non-hydrogen) atoms. The van der Waals surface area contributed by atoms with E-state index in [2.05, 4.69) is 34.2 Å². The Kier molecular flexibility index (Phi) is 3.77. The van der Waals surface area contributed by atoms with Crippen LogP contribution in [0.2, 0.25) is 5.02 Å². The molecule has 5 heteroatoms. The third-order valence-corrected chi connectivity index (χ3v) is 5.04. The van der Waals surface area contributed by atoms with Crippen molar-refractivity contribution in [1.82, 2.24) is 5.32 Å². The fraction of sp³-hybridized carbons (Fsp3) is 0.500. The van der Waals surface area contributed by atoms with E-state index >= 15 is 0 Å². The van der Waals surface area contributed by atoms with Crippen LogP contribution in [0.15, 0.2) is 16.6 Å². The number of fused-ring (bicyclic) bond motifs is 3. The first-order chi connectivity index (χ1) is 7.62. The summed E-state index contributed by atoms with van der Waals surface area (Å²) >= 11 is 9.76. The number of nitrogens with one attached hydrogen (secondary N) is 1. The molecule has 94 valence electrons.